The van der Waals surface area contributed by atoms with Gasteiger partial charge < -0.3 is 9.88 Å². The van der Waals surface area contributed by atoms with Crippen LogP contribution < -0.4 is 16.6 Å². The van der Waals surface area contributed by atoms with Crippen LogP contribution in [0.5, 0.6) is 0 Å². The van der Waals surface area contributed by atoms with Crippen LogP contribution in [0.1, 0.15) is 17.7 Å². The van der Waals surface area contributed by atoms with E-state index in [1.165, 1.54) is 11.3 Å². The molecule has 1 fully saturated rings. The number of halogens is 5. The number of hydrogen-bond donors (Lipinski definition) is 1. The van der Waals surface area contributed by atoms with Crippen LogP contribution in [0.2, 0.25) is 10.2 Å². The summed E-state index contributed by atoms with van der Waals surface area (Å²) in [4.78, 5) is 30.5. The maximum absolute atomic E-state index is 13.1. The molecule has 43 heavy (non-hydrogen) atoms. The van der Waals surface area contributed by atoms with Gasteiger partial charge in [0.1, 0.15) is 11.7 Å². The number of benzene rings is 1. The van der Waals surface area contributed by atoms with E-state index in [1.54, 1.807) is 12.3 Å². The Labute approximate surface area is 256 Å². The van der Waals surface area contributed by atoms with Crippen molar-refractivity contribution in [2.45, 2.75) is 38.7 Å². The minimum absolute atomic E-state index is 0.257. The molecule has 1 N–H and O–H groups in total. The third-order valence-corrected chi connectivity index (χ3v) is 9.40. The quantitative estimate of drug-likeness (QED) is 0.227. The van der Waals surface area contributed by atoms with Crippen molar-refractivity contribution in [2.75, 3.05) is 13.1 Å². The molecule has 1 aliphatic heterocycles. The van der Waals surface area contributed by atoms with Gasteiger partial charge >= 0.3 is 11.9 Å². The maximum atomic E-state index is 13.1. The van der Waals surface area contributed by atoms with Crippen LogP contribution in [-0.4, -0.2) is 38.0 Å². The first-order valence-corrected chi connectivity index (χ1v) is 14.9. The molecule has 0 amide bonds. The molecule has 1 aliphatic rings. The standard InChI is InChI=1S/C29H23Cl2F3N6O2S/c30-18-9-17-2-8-38(15-28(14-35)3-6-36-7-4-28)25(17)21(10-18)20-1-5-37-22-11-19(43-26(20)22)13-39-24(41)12-23(31)40(27(39)42)16-29(32,33)34/h1-2,5,8-12,36H,3-4,6-7,13,15-16H2. The molecular weight excluding hydrogens is 624 g/mol. The molecule has 222 valence electrons. The average molecular weight is 648 g/mol. The van der Waals surface area contributed by atoms with Gasteiger partial charge in [0.2, 0.25) is 0 Å². The minimum Gasteiger partial charge on any atom is -0.345 e. The molecule has 5 aromatic rings. The number of hydrogen-bond acceptors (Lipinski definition) is 6. The molecule has 14 heteroatoms. The number of piperidine rings is 1. The van der Waals surface area contributed by atoms with E-state index in [0.717, 1.165) is 63.3 Å². The van der Waals surface area contributed by atoms with Crippen molar-refractivity contribution in [2.24, 2.45) is 5.41 Å². The highest BCUT2D eigenvalue weighted by molar-refractivity contribution is 7.19. The molecule has 0 atom stereocenters. The van der Waals surface area contributed by atoms with Gasteiger partial charge in [0.15, 0.2) is 0 Å². The summed E-state index contributed by atoms with van der Waals surface area (Å²) >= 11 is 13.7. The van der Waals surface area contributed by atoms with E-state index in [2.05, 4.69) is 20.9 Å². The Morgan fingerprint density at radius 3 is 2.56 bits per heavy atom. The molecule has 0 unspecified atom stereocenters. The third-order valence-electron chi connectivity index (χ3n) is 7.73. The van der Waals surface area contributed by atoms with Crippen molar-refractivity contribution >= 4 is 55.7 Å². The Kier molecular flexibility index (Phi) is 7.62. The van der Waals surface area contributed by atoms with Crippen molar-refractivity contribution in [1.82, 2.24) is 24.0 Å². The van der Waals surface area contributed by atoms with E-state index in [1.807, 2.05) is 30.5 Å². The van der Waals surface area contributed by atoms with Gasteiger partial charge in [-0.05, 0) is 56.3 Å². The SMILES string of the molecule is N#CC1(Cn2ccc3cc(Cl)cc(-c4ccnc5cc(Cn6c(=O)cc(Cl)n(CC(F)(F)F)c6=O)sc45)c32)CCNCC1. The lowest BCUT2D eigenvalue weighted by Gasteiger charge is -2.32. The van der Waals surface area contributed by atoms with Gasteiger partial charge in [-0.3, -0.25) is 18.9 Å². The Morgan fingerprint density at radius 1 is 1.07 bits per heavy atom. The smallest absolute Gasteiger partial charge is 0.345 e. The molecule has 0 bridgehead atoms. The molecule has 8 nitrogen and oxygen atoms in total. The lowest BCUT2D eigenvalue weighted by molar-refractivity contribution is -0.141. The second-order valence-corrected chi connectivity index (χ2v) is 12.6. The molecule has 5 heterocycles. The highest BCUT2D eigenvalue weighted by Gasteiger charge is 2.33. The molecule has 1 aromatic carbocycles. The Bertz CT molecular complexity index is 2030. The molecule has 0 spiro atoms. The summed E-state index contributed by atoms with van der Waals surface area (Å²) in [5.74, 6) is 0. The number of aromatic nitrogens is 4. The van der Waals surface area contributed by atoms with Gasteiger partial charge in [0.25, 0.3) is 5.56 Å². The van der Waals surface area contributed by atoms with Crippen molar-refractivity contribution in [3.05, 3.63) is 84.7 Å². The van der Waals surface area contributed by atoms with Crippen molar-refractivity contribution in [3.63, 3.8) is 0 Å². The fourth-order valence-corrected chi connectivity index (χ4v) is 7.26. The van der Waals surface area contributed by atoms with E-state index >= 15 is 0 Å². The van der Waals surface area contributed by atoms with E-state index in [4.69, 9.17) is 23.2 Å². The number of rotatable bonds is 6. The maximum Gasteiger partial charge on any atom is 0.406 e. The molecule has 0 aliphatic carbocycles. The van der Waals surface area contributed by atoms with E-state index in [9.17, 15) is 28.0 Å². The minimum atomic E-state index is -4.70. The number of nitriles is 1. The topological polar surface area (TPSA) is 97.6 Å². The Balaban J connectivity index is 1.44. The van der Waals surface area contributed by atoms with Crippen LogP contribution in [0, 0.1) is 16.7 Å². The summed E-state index contributed by atoms with van der Waals surface area (Å²) in [7, 11) is 0. The van der Waals surface area contributed by atoms with Gasteiger partial charge in [0.05, 0.1) is 33.8 Å². The fraction of sp³-hybridized carbons (Fsp3) is 0.310. The van der Waals surface area contributed by atoms with Crippen LogP contribution in [0.15, 0.2) is 58.4 Å². The summed E-state index contributed by atoms with van der Waals surface area (Å²) < 4.78 is 43.1. The average Bonchev–Trinajstić information content (AvgIpc) is 3.56. The highest BCUT2D eigenvalue weighted by atomic mass is 35.5. The lowest BCUT2D eigenvalue weighted by atomic mass is 9.80. The van der Waals surface area contributed by atoms with Crippen LogP contribution in [-0.2, 0) is 19.6 Å². The first-order chi connectivity index (χ1) is 20.5. The molecule has 6 rings (SSSR count). The van der Waals surface area contributed by atoms with Crippen molar-refractivity contribution in [3.8, 4) is 17.2 Å². The largest absolute Gasteiger partial charge is 0.406 e. The summed E-state index contributed by atoms with van der Waals surface area (Å²) in [6.45, 7) is 0.181. The number of fused-ring (bicyclic) bond motifs is 2. The van der Waals surface area contributed by atoms with E-state index in [-0.39, 0.29) is 6.54 Å². The summed E-state index contributed by atoms with van der Waals surface area (Å²) in [5, 5.41) is 14.3. The Hall–Kier alpha value is -3.63. The van der Waals surface area contributed by atoms with Gasteiger partial charge in [-0.25, -0.2) is 4.79 Å². The molecule has 0 radical (unpaired) electrons. The van der Waals surface area contributed by atoms with Gasteiger partial charge in [-0.15, -0.1) is 11.3 Å². The first-order valence-electron chi connectivity index (χ1n) is 13.3. The fourth-order valence-electron chi connectivity index (χ4n) is 5.68. The Morgan fingerprint density at radius 2 is 1.84 bits per heavy atom. The number of nitrogens with zero attached hydrogens (tertiary/aromatic N) is 5. The van der Waals surface area contributed by atoms with Crippen LogP contribution in [0.3, 0.4) is 0 Å². The molecule has 0 saturated carbocycles. The molecule has 4 aromatic heterocycles. The zero-order chi connectivity index (χ0) is 30.5. The van der Waals surface area contributed by atoms with E-state index < -0.39 is 34.5 Å². The van der Waals surface area contributed by atoms with Crippen molar-refractivity contribution < 1.29 is 13.2 Å². The number of pyridine rings is 1. The van der Waals surface area contributed by atoms with E-state index in [0.29, 0.717) is 26.5 Å². The van der Waals surface area contributed by atoms with Crippen molar-refractivity contribution in [1.29, 1.82) is 5.26 Å². The third kappa shape index (κ3) is 5.70. The van der Waals surface area contributed by atoms with Crippen LogP contribution in [0.4, 0.5) is 13.2 Å². The molecule has 1 saturated heterocycles. The van der Waals surface area contributed by atoms with Crippen LogP contribution >= 0.6 is 34.5 Å². The van der Waals surface area contributed by atoms with Gasteiger partial charge in [0, 0.05) is 51.4 Å². The summed E-state index contributed by atoms with van der Waals surface area (Å²) in [6.07, 6.45) is 0.363. The zero-order valence-electron chi connectivity index (χ0n) is 22.4. The van der Waals surface area contributed by atoms with Crippen LogP contribution in [0.25, 0.3) is 32.2 Å². The predicted octanol–water partition coefficient (Wildman–Crippen LogP) is 6.05. The second-order valence-electron chi connectivity index (χ2n) is 10.6. The zero-order valence-corrected chi connectivity index (χ0v) is 24.7. The number of nitrogens with one attached hydrogen (secondary N) is 1. The lowest BCUT2D eigenvalue weighted by Crippen LogP contribution is -2.41. The normalized spacial score (nSPS) is 15.3. The number of thiophene rings is 1. The summed E-state index contributed by atoms with van der Waals surface area (Å²) in [6, 6.07) is 12.6. The highest BCUT2D eigenvalue weighted by Crippen LogP contribution is 2.40. The van der Waals surface area contributed by atoms with Gasteiger partial charge in [-0.1, -0.05) is 23.2 Å². The predicted molar refractivity (Wildman–Crippen MR) is 161 cm³/mol. The molecular formula is C29H23Cl2F3N6O2S. The van der Waals surface area contributed by atoms with Gasteiger partial charge in [-0.2, -0.15) is 18.4 Å². The summed E-state index contributed by atoms with van der Waals surface area (Å²) in [5.41, 5.74) is 0.659. The monoisotopic (exact) mass is 646 g/mol. The first kappa shape index (κ1) is 29.4. The number of alkyl halides is 3. The second kappa shape index (κ2) is 11.1.